The number of nitrogen functional groups attached to an aromatic ring is 3. The zero-order valence-corrected chi connectivity index (χ0v) is 14.2. The fraction of sp³-hybridized carbons (Fsp3) is 0.353. The summed E-state index contributed by atoms with van der Waals surface area (Å²) in [5.74, 6) is 0.530. The zero-order chi connectivity index (χ0) is 18.4. The lowest BCUT2D eigenvalue weighted by atomic mass is 10.0. The molecule has 0 atom stereocenters. The first-order valence-corrected chi connectivity index (χ1v) is 7.90. The fourth-order valence-corrected chi connectivity index (χ4v) is 2.46. The van der Waals surface area contributed by atoms with E-state index in [2.05, 4.69) is 9.97 Å². The number of ketones is 1. The van der Waals surface area contributed by atoms with Gasteiger partial charge in [-0.25, -0.2) is 0 Å². The van der Waals surface area contributed by atoms with Gasteiger partial charge in [-0.1, -0.05) is 6.07 Å². The highest BCUT2D eigenvalue weighted by atomic mass is 16.5. The Bertz CT molecular complexity index is 741. The molecule has 0 fully saturated rings. The number of aliphatic hydroxyl groups excluding tert-OH is 1. The van der Waals surface area contributed by atoms with Crippen LogP contribution < -0.4 is 17.2 Å². The van der Waals surface area contributed by atoms with E-state index in [1.54, 1.807) is 6.07 Å². The second kappa shape index (κ2) is 8.41. The summed E-state index contributed by atoms with van der Waals surface area (Å²) in [6.45, 7) is 2.26. The van der Waals surface area contributed by atoms with Crippen LogP contribution >= 0.6 is 0 Å². The highest BCUT2D eigenvalue weighted by Crippen LogP contribution is 2.17. The largest absolute Gasteiger partial charge is 0.392 e. The van der Waals surface area contributed by atoms with Gasteiger partial charge < -0.3 is 27.0 Å². The lowest BCUT2D eigenvalue weighted by Gasteiger charge is -2.10. The maximum absolute atomic E-state index is 11.5. The van der Waals surface area contributed by atoms with Crippen molar-refractivity contribution in [2.75, 3.05) is 30.4 Å². The van der Waals surface area contributed by atoms with Crippen molar-refractivity contribution >= 4 is 23.4 Å². The van der Waals surface area contributed by atoms with E-state index in [9.17, 15) is 9.90 Å². The summed E-state index contributed by atoms with van der Waals surface area (Å²) in [6.07, 6.45) is 1.10. The lowest BCUT2D eigenvalue weighted by Crippen LogP contribution is -2.11. The molecule has 0 saturated carbocycles. The van der Waals surface area contributed by atoms with E-state index in [1.807, 2.05) is 12.1 Å². The van der Waals surface area contributed by atoms with Crippen molar-refractivity contribution < 1.29 is 14.6 Å². The van der Waals surface area contributed by atoms with Crippen LogP contribution in [-0.2, 0) is 24.2 Å². The monoisotopic (exact) mass is 345 g/mol. The Morgan fingerprint density at radius 2 is 1.64 bits per heavy atom. The molecule has 0 saturated heterocycles. The molecule has 2 rings (SSSR count). The number of benzene rings is 1. The molecule has 0 unspecified atom stereocenters. The Kier molecular flexibility index (Phi) is 6.26. The molecule has 1 heterocycles. The van der Waals surface area contributed by atoms with E-state index < -0.39 is 0 Å². The molecule has 0 spiro atoms. The summed E-state index contributed by atoms with van der Waals surface area (Å²) in [4.78, 5) is 19.3. The van der Waals surface area contributed by atoms with Crippen molar-refractivity contribution in [2.24, 2.45) is 0 Å². The fourth-order valence-electron chi connectivity index (χ4n) is 2.46. The van der Waals surface area contributed by atoms with Gasteiger partial charge in [-0.2, -0.15) is 9.97 Å². The normalized spacial score (nSPS) is 10.8. The molecular formula is C17H23N5O3. The molecule has 1 aromatic carbocycles. The molecule has 25 heavy (non-hydrogen) atoms. The number of hydrogen-bond donors (Lipinski definition) is 4. The minimum absolute atomic E-state index is 0.0354. The number of Topliss-reactive ketones (excluding diaryl/α,β-unsaturated/α-hetero) is 1. The molecule has 0 aliphatic rings. The van der Waals surface area contributed by atoms with Gasteiger partial charge in [0, 0.05) is 17.5 Å². The van der Waals surface area contributed by atoms with E-state index in [-0.39, 0.29) is 30.0 Å². The first-order valence-electron chi connectivity index (χ1n) is 7.90. The maximum atomic E-state index is 11.5. The van der Waals surface area contributed by atoms with Crippen LogP contribution in [0.5, 0.6) is 0 Å². The van der Waals surface area contributed by atoms with E-state index in [0.717, 1.165) is 5.56 Å². The molecule has 7 N–H and O–H groups in total. The van der Waals surface area contributed by atoms with E-state index in [0.29, 0.717) is 42.7 Å². The van der Waals surface area contributed by atoms with Crippen LogP contribution in [0.25, 0.3) is 0 Å². The predicted molar refractivity (Wildman–Crippen MR) is 95.9 cm³/mol. The van der Waals surface area contributed by atoms with Gasteiger partial charge in [-0.3, -0.25) is 4.79 Å². The third kappa shape index (κ3) is 5.13. The van der Waals surface area contributed by atoms with Gasteiger partial charge in [0.25, 0.3) is 0 Å². The summed E-state index contributed by atoms with van der Waals surface area (Å²) in [5, 5.41) is 9.29. The highest BCUT2D eigenvalue weighted by Gasteiger charge is 2.09. The van der Waals surface area contributed by atoms with Gasteiger partial charge in [0.15, 0.2) is 5.78 Å². The van der Waals surface area contributed by atoms with Crippen molar-refractivity contribution in [3.05, 3.63) is 40.5 Å². The molecule has 134 valence electrons. The van der Waals surface area contributed by atoms with Crippen LogP contribution in [0.3, 0.4) is 0 Å². The topological polar surface area (TPSA) is 150 Å². The number of aliphatic hydroxyl groups is 1. The molecule has 0 aliphatic carbocycles. The van der Waals surface area contributed by atoms with Crippen molar-refractivity contribution in [3.63, 3.8) is 0 Å². The molecule has 1 aromatic heterocycles. The first-order chi connectivity index (χ1) is 11.9. The number of carbonyl (C=O) groups excluding carboxylic acids is 1. The minimum Gasteiger partial charge on any atom is -0.392 e. The smallest absolute Gasteiger partial charge is 0.223 e. The Labute approximate surface area is 146 Å². The zero-order valence-electron chi connectivity index (χ0n) is 14.2. The van der Waals surface area contributed by atoms with E-state index >= 15 is 0 Å². The van der Waals surface area contributed by atoms with Gasteiger partial charge in [-0.05, 0) is 36.6 Å². The quantitative estimate of drug-likeness (QED) is 0.403. The number of carbonyl (C=O) groups is 1. The Hall–Kier alpha value is -2.71. The van der Waals surface area contributed by atoms with Gasteiger partial charge in [-0.15, -0.1) is 0 Å². The standard InChI is InChI=1S/C17H23N5O3/c1-10(24)13-7-11(6-12(8-13)9-23)2-4-25-5-3-14-15(18)21-17(20)22-16(14)19/h6-8,23H,2-5,9H2,1H3,(H6,18,19,20,21,22). The molecular weight excluding hydrogens is 322 g/mol. The molecule has 8 nitrogen and oxygen atoms in total. The average molecular weight is 345 g/mol. The Balaban J connectivity index is 1.88. The molecule has 0 bridgehead atoms. The number of nitrogens with zero attached hydrogens (tertiary/aromatic N) is 2. The minimum atomic E-state index is -0.106. The number of rotatable bonds is 8. The van der Waals surface area contributed by atoms with Gasteiger partial charge >= 0.3 is 0 Å². The van der Waals surface area contributed by atoms with E-state index in [1.165, 1.54) is 6.92 Å². The summed E-state index contributed by atoms with van der Waals surface area (Å²) in [5.41, 5.74) is 19.9. The second-order valence-corrected chi connectivity index (χ2v) is 5.70. The summed E-state index contributed by atoms with van der Waals surface area (Å²) in [6, 6.07) is 5.37. The Morgan fingerprint density at radius 3 is 2.24 bits per heavy atom. The lowest BCUT2D eigenvalue weighted by molar-refractivity contribution is 0.101. The van der Waals surface area contributed by atoms with Crippen LogP contribution in [0.2, 0.25) is 0 Å². The van der Waals surface area contributed by atoms with Crippen LogP contribution in [-0.4, -0.2) is 34.1 Å². The van der Waals surface area contributed by atoms with Crippen molar-refractivity contribution in [2.45, 2.75) is 26.4 Å². The molecule has 0 amide bonds. The van der Waals surface area contributed by atoms with Crippen molar-refractivity contribution in [3.8, 4) is 0 Å². The number of ether oxygens (including phenoxy) is 1. The van der Waals surface area contributed by atoms with Crippen LogP contribution in [0, 0.1) is 0 Å². The van der Waals surface area contributed by atoms with Gasteiger partial charge in [0.05, 0.1) is 19.8 Å². The van der Waals surface area contributed by atoms with Gasteiger partial charge in [0.2, 0.25) is 5.95 Å². The number of hydrogen-bond acceptors (Lipinski definition) is 8. The number of nitrogens with two attached hydrogens (primary N) is 3. The number of anilines is 3. The highest BCUT2D eigenvalue weighted by molar-refractivity contribution is 5.94. The third-order valence-electron chi connectivity index (χ3n) is 3.76. The average Bonchev–Trinajstić information content (AvgIpc) is 2.56. The third-order valence-corrected chi connectivity index (χ3v) is 3.76. The van der Waals surface area contributed by atoms with Gasteiger partial charge in [0.1, 0.15) is 11.6 Å². The molecule has 0 aliphatic heterocycles. The molecule has 8 heteroatoms. The maximum Gasteiger partial charge on any atom is 0.223 e. The van der Waals surface area contributed by atoms with Crippen LogP contribution in [0.4, 0.5) is 17.6 Å². The predicted octanol–water partition coefficient (Wildman–Crippen LogP) is 0.720. The van der Waals surface area contributed by atoms with Crippen molar-refractivity contribution in [1.82, 2.24) is 9.97 Å². The molecule has 2 aromatic rings. The van der Waals surface area contributed by atoms with Crippen molar-refractivity contribution in [1.29, 1.82) is 0 Å². The number of aromatic nitrogens is 2. The summed E-state index contributed by atoms with van der Waals surface area (Å²) >= 11 is 0. The first kappa shape index (κ1) is 18.6. The van der Waals surface area contributed by atoms with Crippen LogP contribution in [0.15, 0.2) is 18.2 Å². The molecule has 0 radical (unpaired) electrons. The van der Waals surface area contributed by atoms with E-state index in [4.69, 9.17) is 21.9 Å². The Morgan fingerprint density at radius 1 is 1.04 bits per heavy atom. The second-order valence-electron chi connectivity index (χ2n) is 5.70. The van der Waals surface area contributed by atoms with Crippen LogP contribution in [0.1, 0.15) is 34.0 Å². The summed E-state index contributed by atoms with van der Waals surface area (Å²) in [7, 11) is 0. The summed E-state index contributed by atoms with van der Waals surface area (Å²) < 4.78 is 5.61. The SMILES string of the molecule is CC(=O)c1cc(CO)cc(CCOCCc2c(N)nc(N)nc2N)c1.